The number of nitrogens with one attached hydrogen (secondary N) is 1. The van der Waals surface area contributed by atoms with Crippen molar-refractivity contribution in [3.63, 3.8) is 0 Å². The third kappa shape index (κ3) is 6.06. The number of rotatable bonds is 9. The summed E-state index contributed by atoms with van der Waals surface area (Å²) in [5.74, 6) is 0.554. The summed E-state index contributed by atoms with van der Waals surface area (Å²) < 4.78 is 35.1. The van der Waals surface area contributed by atoms with Gasteiger partial charge in [-0.25, -0.2) is 0 Å². The van der Waals surface area contributed by atoms with Gasteiger partial charge in [-0.05, 0) is 24.6 Å². The van der Waals surface area contributed by atoms with E-state index in [1.165, 1.54) is 6.07 Å². The Labute approximate surface area is 145 Å². The highest BCUT2D eigenvalue weighted by atomic mass is 19.3. The molecule has 1 amide bonds. The van der Waals surface area contributed by atoms with Crippen molar-refractivity contribution in [3.8, 4) is 11.5 Å². The molecule has 0 radical (unpaired) electrons. The van der Waals surface area contributed by atoms with E-state index in [0.29, 0.717) is 17.7 Å². The summed E-state index contributed by atoms with van der Waals surface area (Å²) in [5, 5.41) is 2.84. The number of carbonyl (C=O) groups excluding carboxylic acids is 1. The molecule has 0 aromatic heterocycles. The summed E-state index contributed by atoms with van der Waals surface area (Å²) in [6.07, 6.45) is 0.720. The monoisotopic (exact) mass is 349 g/mol. The van der Waals surface area contributed by atoms with Crippen LogP contribution in [0.25, 0.3) is 0 Å². The van der Waals surface area contributed by atoms with E-state index in [1.807, 2.05) is 37.3 Å². The molecule has 0 saturated heterocycles. The molecule has 1 atom stereocenters. The molecule has 2 aromatic carbocycles. The van der Waals surface area contributed by atoms with Crippen LogP contribution < -0.4 is 14.8 Å². The van der Waals surface area contributed by atoms with Crippen molar-refractivity contribution in [2.24, 2.45) is 0 Å². The van der Waals surface area contributed by atoms with Crippen molar-refractivity contribution in [2.45, 2.75) is 32.4 Å². The predicted octanol–water partition coefficient (Wildman–Crippen LogP) is 4.32. The molecule has 0 aliphatic rings. The predicted molar refractivity (Wildman–Crippen MR) is 90.8 cm³/mol. The Morgan fingerprint density at radius 3 is 2.44 bits per heavy atom. The van der Waals surface area contributed by atoms with Crippen LogP contribution in [0.4, 0.5) is 8.78 Å². The molecular formula is C19H21F2NO3. The molecule has 0 heterocycles. The van der Waals surface area contributed by atoms with Crippen molar-refractivity contribution >= 4 is 5.91 Å². The number of carbonyl (C=O) groups is 1. The van der Waals surface area contributed by atoms with Gasteiger partial charge in [0.05, 0.1) is 19.1 Å². The third-order valence-electron chi connectivity index (χ3n) is 3.60. The number of amides is 1. The van der Waals surface area contributed by atoms with Gasteiger partial charge in [-0.1, -0.05) is 43.3 Å². The lowest BCUT2D eigenvalue weighted by atomic mass is 10.0. The van der Waals surface area contributed by atoms with Crippen LogP contribution in [0, 0.1) is 0 Å². The highest BCUT2D eigenvalue weighted by Gasteiger charge is 2.18. The first-order valence-electron chi connectivity index (χ1n) is 8.11. The van der Waals surface area contributed by atoms with Gasteiger partial charge < -0.3 is 14.8 Å². The molecule has 1 N–H and O–H groups in total. The van der Waals surface area contributed by atoms with E-state index in [-0.39, 0.29) is 24.7 Å². The van der Waals surface area contributed by atoms with Gasteiger partial charge in [0.2, 0.25) is 5.91 Å². The summed E-state index contributed by atoms with van der Waals surface area (Å²) in [6, 6.07) is 15.3. The molecule has 0 fully saturated rings. The standard InChI is InChI=1S/C19H21F2NO3/c1-2-16(15-10-6-7-11-17(15)25-19(20)21)22-18(23)12-13-24-14-8-4-3-5-9-14/h3-11,16,19H,2,12-13H2,1H3,(H,22,23). The van der Waals surface area contributed by atoms with E-state index in [2.05, 4.69) is 10.1 Å². The zero-order valence-electron chi connectivity index (χ0n) is 14.0. The fourth-order valence-electron chi connectivity index (χ4n) is 2.42. The Hall–Kier alpha value is -2.63. The number of hydrogen-bond acceptors (Lipinski definition) is 3. The fourth-order valence-corrected chi connectivity index (χ4v) is 2.42. The van der Waals surface area contributed by atoms with Crippen LogP contribution in [0.2, 0.25) is 0 Å². The molecule has 2 rings (SSSR count). The summed E-state index contributed by atoms with van der Waals surface area (Å²) in [7, 11) is 0. The van der Waals surface area contributed by atoms with E-state index in [9.17, 15) is 13.6 Å². The normalized spacial score (nSPS) is 11.8. The van der Waals surface area contributed by atoms with Gasteiger partial charge in [-0.15, -0.1) is 0 Å². The lowest BCUT2D eigenvalue weighted by Crippen LogP contribution is -2.29. The zero-order chi connectivity index (χ0) is 18.1. The van der Waals surface area contributed by atoms with Crippen molar-refractivity contribution in [1.29, 1.82) is 0 Å². The Bertz CT molecular complexity index is 665. The van der Waals surface area contributed by atoms with Gasteiger partial charge in [0.15, 0.2) is 0 Å². The van der Waals surface area contributed by atoms with Gasteiger partial charge in [-0.2, -0.15) is 8.78 Å². The van der Waals surface area contributed by atoms with Crippen LogP contribution in [-0.2, 0) is 4.79 Å². The average Bonchev–Trinajstić information content (AvgIpc) is 2.61. The minimum atomic E-state index is -2.91. The van der Waals surface area contributed by atoms with Crippen LogP contribution in [0.3, 0.4) is 0 Å². The average molecular weight is 349 g/mol. The molecule has 0 saturated carbocycles. The smallest absolute Gasteiger partial charge is 0.387 e. The van der Waals surface area contributed by atoms with Crippen molar-refractivity contribution < 1.29 is 23.0 Å². The maximum Gasteiger partial charge on any atom is 0.387 e. The van der Waals surface area contributed by atoms with E-state index < -0.39 is 12.7 Å². The fraction of sp³-hybridized carbons (Fsp3) is 0.316. The van der Waals surface area contributed by atoms with Crippen LogP contribution in [0.1, 0.15) is 31.4 Å². The minimum absolute atomic E-state index is 0.0742. The first-order valence-corrected chi connectivity index (χ1v) is 8.11. The number of benzene rings is 2. The highest BCUT2D eigenvalue weighted by Crippen LogP contribution is 2.28. The Kier molecular flexibility index (Phi) is 7.19. The van der Waals surface area contributed by atoms with E-state index in [4.69, 9.17) is 4.74 Å². The maximum atomic E-state index is 12.5. The molecule has 4 nitrogen and oxygen atoms in total. The van der Waals surface area contributed by atoms with Gasteiger partial charge >= 0.3 is 6.61 Å². The number of ether oxygens (including phenoxy) is 2. The van der Waals surface area contributed by atoms with E-state index >= 15 is 0 Å². The van der Waals surface area contributed by atoms with Gasteiger partial charge in [0.25, 0.3) is 0 Å². The first kappa shape index (κ1) is 18.7. The molecule has 0 spiro atoms. The molecular weight excluding hydrogens is 328 g/mol. The largest absolute Gasteiger partial charge is 0.493 e. The van der Waals surface area contributed by atoms with Crippen LogP contribution in [-0.4, -0.2) is 19.1 Å². The summed E-state index contributed by atoms with van der Waals surface area (Å²) in [6.45, 7) is -0.805. The molecule has 0 aliphatic heterocycles. The summed E-state index contributed by atoms with van der Waals surface area (Å²) >= 11 is 0. The molecule has 134 valence electrons. The second-order valence-electron chi connectivity index (χ2n) is 5.36. The van der Waals surface area contributed by atoms with Crippen LogP contribution in [0.5, 0.6) is 11.5 Å². The van der Waals surface area contributed by atoms with Crippen molar-refractivity contribution in [2.75, 3.05) is 6.61 Å². The molecule has 6 heteroatoms. The van der Waals surface area contributed by atoms with Crippen molar-refractivity contribution in [1.82, 2.24) is 5.32 Å². The molecule has 0 bridgehead atoms. The SMILES string of the molecule is CCC(NC(=O)CCOc1ccccc1)c1ccccc1OC(F)F. The van der Waals surface area contributed by atoms with Gasteiger partial charge in [0.1, 0.15) is 11.5 Å². The second kappa shape index (κ2) is 9.61. The number of halogens is 2. The summed E-state index contributed by atoms with van der Waals surface area (Å²) in [4.78, 5) is 12.1. The van der Waals surface area contributed by atoms with Crippen LogP contribution >= 0.6 is 0 Å². The van der Waals surface area contributed by atoms with E-state index in [0.717, 1.165) is 0 Å². The van der Waals surface area contributed by atoms with Crippen LogP contribution in [0.15, 0.2) is 54.6 Å². The lowest BCUT2D eigenvalue weighted by molar-refractivity contribution is -0.122. The zero-order valence-corrected chi connectivity index (χ0v) is 14.0. The maximum absolute atomic E-state index is 12.5. The second-order valence-corrected chi connectivity index (χ2v) is 5.36. The Balaban J connectivity index is 1.91. The van der Waals surface area contributed by atoms with Crippen molar-refractivity contribution in [3.05, 3.63) is 60.2 Å². The highest BCUT2D eigenvalue weighted by molar-refractivity contribution is 5.76. The molecule has 25 heavy (non-hydrogen) atoms. The van der Waals surface area contributed by atoms with Gasteiger partial charge in [0, 0.05) is 5.56 Å². The minimum Gasteiger partial charge on any atom is -0.493 e. The molecule has 0 aliphatic carbocycles. The molecule has 2 aromatic rings. The topological polar surface area (TPSA) is 47.6 Å². The Morgan fingerprint density at radius 1 is 1.08 bits per heavy atom. The quantitative estimate of drug-likeness (QED) is 0.733. The van der Waals surface area contributed by atoms with Gasteiger partial charge in [-0.3, -0.25) is 4.79 Å². The number of para-hydroxylation sites is 2. The van der Waals surface area contributed by atoms with E-state index in [1.54, 1.807) is 18.2 Å². The first-order chi connectivity index (χ1) is 12.1. The number of hydrogen-bond donors (Lipinski definition) is 1. The third-order valence-corrected chi connectivity index (χ3v) is 3.60. The molecule has 1 unspecified atom stereocenters. The number of alkyl halides is 2. The lowest BCUT2D eigenvalue weighted by Gasteiger charge is -2.20. The summed E-state index contributed by atoms with van der Waals surface area (Å²) in [5.41, 5.74) is 0.530. The Morgan fingerprint density at radius 2 is 1.76 bits per heavy atom.